The first kappa shape index (κ1) is 16.5. The van der Waals surface area contributed by atoms with E-state index in [9.17, 15) is 4.79 Å². The van der Waals surface area contributed by atoms with Gasteiger partial charge in [-0.05, 0) is 31.2 Å². The van der Waals surface area contributed by atoms with Crippen molar-refractivity contribution < 1.29 is 9.32 Å². The molecule has 1 fully saturated rings. The van der Waals surface area contributed by atoms with E-state index < -0.39 is 0 Å². The van der Waals surface area contributed by atoms with Crippen LogP contribution in [0.4, 0.5) is 0 Å². The Labute approximate surface area is 151 Å². The largest absolute Gasteiger partial charge is 0.360 e. The summed E-state index contributed by atoms with van der Waals surface area (Å²) in [6.07, 6.45) is 3.12. The first-order valence-corrected chi connectivity index (χ1v) is 8.58. The van der Waals surface area contributed by atoms with Gasteiger partial charge in [0.15, 0.2) is 5.76 Å². The van der Waals surface area contributed by atoms with Crippen molar-refractivity contribution in [3.05, 3.63) is 60.0 Å². The number of carbonyl (C=O) groups excluding carboxylic acids is 1. The van der Waals surface area contributed by atoms with Crippen molar-refractivity contribution in [1.82, 2.24) is 29.7 Å². The minimum absolute atomic E-state index is 0.0605. The third-order valence-electron chi connectivity index (χ3n) is 4.51. The number of amides is 1. The van der Waals surface area contributed by atoms with Gasteiger partial charge in [-0.25, -0.2) is 9.67 Å². The van der Waals surface area contributed by atoms with Gasteiger partial charge in [-0.3, -0.25) is 9.69 Å². The molecule has 8 nitrogen and oxygen atoms in total. The minimum Gasteiger partial charge on any atom is -0.360 e. The van der Waals surface area contributed by atoms with Gasteiger partial charge < -0.3 is 9.42 Å². The van der Waals surface area contributed by atoms with E-state index in [-0.39, 0.29) is 5.91 Å². The highest BCUT2D eigenvalue weighted by atomic mass is 16.5. The summed E-state index contributed by atoms with van der Waals surface area (Å²) in [6.45, 7) is 5.70. The molecule has 4 rings (SSSR count). The third-order valence-corrected chi connectivity index (χ3v) is 4.51. The van der Waals surface area contributed by atoms with Crippen molar-refractivity contribution in [2.45, 2.75) is 13.5 Å². The molecule has 0 N–H and O–H groups in total. The predicted molar refractivity (Wildman–Crippen MR) is 93.8 cm³/mol. The van der Waals surface area contributed by atoms with Gasteiger partial charge in [0.2, 0.25) is 0 Å². The van der Waals surface area contributed by atoms with E-state index in [0.717, 1.165) is 36.8 Å². The van der Waals surface area contributed by atoms with Crippen LogP contribution in [-0.4, -0.2) is 61.8 Å². The molecule has 134 valence electrons. The topological polar surface area (TPSA) is 80.3 Å². The van der Waals surface area contributed by atoms with Gasteiger partial charge >= 0.3 is 0 Å². The molecule has 26 heavy (non-hydrogen) atoms. The first-order valence-electron chi connectivity index (χ1n) is 8.58. The van der Waals surface area contributed by atoms with Crippen LogP contribution in [0.2, 0.25) is 0 Å². The summed E-state index contributed by atoms with van der Waals surface area (Å²) >= 11 is 0. The molecule has 1 aliphatic rings. The van der Waals surface area contributed by atoms with Gasteiger partial charge in [0.05, 0.1) is 17.9 Å². The molecule has 0 saturated carbocycles. The zero-order valence-corrected chi connectivity index (χ0v) is 14.6. The fraction of sp³-hybridized carbons (Fsp3) is 0.333. The van der Waals surface area contributed by atoms with Crippen molar-refractivity contribution in [2.24, 2.45) is 0 Å². The highest BCUT2D eigenvalue weighted by molar-refractivity contribution is 5.94. The molecule has 1 saturated heterocycles. The fourth-order valence-electron chi connectivity index (χ4n) is 3.10. The van der Waals surface area contributed by atoms with E-state index in [4.69, 9.17) is 4.52 Å². The highest BCUT2D eigenvalue weighted by Crippen LogP contribution is 2.14. The van der Waals surface area contributed by atoms with Gasteiger partial charge in [-0.15, -0.1) is 0 Å². The Kier molecular flexibility index (Phi) is 4.49. The molecule has 1 aliphatic heterocycles. The summed E-state index contributed by atoms with van der Waals surface area (Å²) in [5, 5.41) is 8.00. The number of benzene rings is 1. The summed E-state index contributed by atoms with van der Waals surface area (Å²) in [6, 6.07) is 9.38. The van der Waals surface area contributed by atoms with Gasteiger partial charge in [0, 0.05) is 37.8 Å². The lowest BCUT2D eigenvalue weighted by Crippen LogP contribution is -2.48. The van der Waals surface area contributed by atoms with Gasteiger partial charge in [0.25, 0.3) is 5.91 Å². The lowest BCUT2D eigenvalue weighted by Gasteiger charge is -2.34. The van der Waals surface area contributed by atoms with Crippen LogP contribution >= 0.6 is 0 Å². The zero-order valence-electron chi connectivity index (χ0n) is 14.6. The molecule has 1 aromatic carbocycles. The lowest BCUT2D eigenvalue weighted by molar-refractivity contribution is 0.0617. The third kappa shape index (κ3) is 3.50. The molecule has 0 spiro atoms. The number of hydrogen-bond acceptors (Lipinski definition) is 6. The molecular formula is C18H20N6O2. The average molecular weight is 352 g/mol. The monoisotopic (exact) mass is 352 g/mol. The molecule has 0 atom stereocenters. The van der Waals surface area contributed by atoms with Crippen LogP contribution in [0.1, 0.15) is 21.8 Å². The molecule has 0 bridgehead atoms. The first-order chi connectivity index (χ1) is 12.7. The van der Waals surface area contributed by atoms with Crippen molar-refractivity contribution in [3.8, 4) is 5.69 Å². The van der Waals surface area contributed by atoms with Crippen LogP contribution in [0, 0.1) is 6.92 Å². The summed E-state index contributed by atoms with van der Waals surface area (Å²) in [5.74, 6) is 0.927. The highest BCUT2D eigenvalue weighted by Gasteiger charge is 2.23. The molecule has 3 heterocycles. The summed E-state index contributed by atoms with van der Waals surface area (Å²) in [5.41, 5.74) is 2.46. The van der Waals surface area contributed by atoms with E-state index >= 15 is 0 Å². The van der Waals surface area contributed by atoms with Crippen LogP contribution in [0.5, 0.6) is 0 Å². The number of aryl methyl sites for hydroxylation is 1. The molecule has 0 radical (unpaired) electrons. The number of hydrogen-bond donors (Lipinski definition) is 0. The molecule has 1 amide bonds. The second-order valence-corrected chi connectivity index (χ2v) is 6.39. The van der Waals surface area contributed by atoms with Crippen LogP contribution in [0.15, 0.2) is 47.5 Å². The number of piperazine rings is 1. The van der Waals surface area contributed by atoms with Crippen molar-refractivity contribution in [1.29, 1.82) is 0 Å². The Balaban J connectivity index is 1.34. The molecular weight excluding hydrogens is 332 g/mol. The predicted octanol–water partition coefficient (Wildman–Crippen LogP) is 1.52. The number of aromatic nitrogens is 4. The Bertz CT molecular complexity index is 863. The smallest absolute Gasteiger partial charge is 0.253 e. The van der Waals surface area contributed by atoms with E-state index in [1.807, 2.05) is 42.2 Å². The molecule has 0 unspecified atom stereocenters. The normalized spacial score (nSPS) is 15.3. The van der Waals surface area contributed by atoms with Crippen molar-refractivity contribution >= 4 is 5.91 Å². The summed E-state index contributed by atoms with van der Waals surface area (Å²) in [4.78, 5) is 20.8. The van der Waals surface area contributed by atoms with E-state index in [1.54, 1.807) is 11.0 Å². The molecule has 0 aliphatic carbocycles. The Morgan fingerprint density at radius 1 is 1.15 bits per heavy atom. The minimum atomic E-state index is 0.0605. The maximum absolute atomic E-state index is 12.7. The van der Waals surface area contributed by atoms with Gasteiger partial charge in [-0.1, -0.05) is 5.16 Å². The van der Waals surface area contributed by atoms with Crippen molar-refractivity contribution in [3.63, 3.8) is 0 Å². The van der Waals surface area contributed by atoms with E-state index in [2.05, 4.69) is 20.1 Å². The van der Waals surface area contributed by atoms with Crippen LogP contribution in [0.25, 0.3) is 5.69 Å². The Morgan fingerprint density at radius 3 is 2.54 bits per heavy atom. The quantitative estimate of drug-likeness (QED) is 0.708. The average Bonchev–Trinajstić information content (AvgIpc) is 3.34. The van der Waals surface area contributed by atoms with Crippen LogP contribution in [-0.2, 0) is 6.54 Å². The molecule has 3 aromatic rings. The van der Waals surface area contributed by atoms with Crippen LogP contribution in [0.3, 0.4) is 0 Å². The summed E-state index contributed by atoms with van der Waals surface area (Å²) < 4.78 is 6.93. The van der Waals surface area contributed by atoms with Crippen LogP contribution < -0.4 is 0 Å². The fourth-order valence-corrected chi connectivity index (χ4v) is 3.10. The zero-order chi connectivity index (χ0) is 17.9. The van der Waals surface area contributed by atoms with Crippen molar-refractivity contribution in [2.75, 3.05) is 26.2 Å². The van der Waals surface area contributed by atoms with E-state index in [1.165, 1.54) is 6.33 Å². The second kappa shape index (κ2) is 7.09. The Hall–Kier alpha value is -3.00. The lowest BCUT2D eigenvalue weighted by atomic mass is 10.1. The number of rotatable bonds is 4. The van der Waals surface area contributed by atoms with Gasteiger partial charge in [0.1, 0.15) is 12.7 Å². The number of carbonyl (C=O) groups is 1. The Morgan fingerprint density at radius 2 is 1.92 bits per heavy atom. The van der Waals surface area contributed by atoms with Gasteiger partial charge in [-0.2, -0.15) is 5.10 Å². The second-order valence-electron chi connectivity index (χ2n) is 6.39. The number of nitrogens with zero attached hydrogens (tertiary/aromatic N) is 6. The standard InChI is InChI=1S/C18H20N6O2/c1-14-10-17(26-21-14)11-22-6-8-23(9-7-22)18(25)15-2-4-16(5-3-15)24-13-19-12-20-24/h2-5,10,12-13H,6-9,11H2,1H3. The maximum Gasteiger partial charge on any atom is 0.253 e. The molecule has 8 heteroatoms. The SMILES string of the molecule is Cc1cc(CN2CCN(C(=O)c3ccc(-n4cncn4)cc3)CC2)on1. The maximum atomic E-state index is 12.7. The summed E-state index contributed by atoms with van der Waals surface area (Å²) in [7, 11) is 0. The van der Waals surface area contributed by atoms with E-state index in [0.29, 0.717) is 18.7 Å². The molecule has 2 aromatic heterocycles.